The third kappa shape index (κ3) is 3.44. The number of carbonyl (C=O) groups is 2. The lowest BCUT2D eigenvalue weighted by Crippen LogP contribution is -2.28. The number of carbonyl (C=O) groups excluding carboxylic acids is 2. The summed E-state index contributed by atoms with van der Waals surface area (Å²) in [7, 11) is 0. The topological polar surface area (TPSA) is 58.2 Å². The lowest BCUT2D eigenvalue weighted by atomic mass is 9.95. The molecule has 0 aliphatic heterocycles. The molecule has 0 unspecified atom stereocenters. The molecule has 2 saturated carbocycles. The predicted octanol–water partition coefficient (Wildman–Crippen LogP) is 4.56. The summed E-state index contributed by atoms with van der Waals surface area (Å²) in [6.45, 7) is 0. The number of hydrogen-bond acceptors (Lipinski definition) is 2. The fraction of sp³-hybridized carbons (Fsp3) is 0.300. The lowest BCUT2D eigenvalue weighted by molar-refractivity contribution is -0.118. The van der Waals surface area contributed by atoms with E-state index in [1.165, 1.54) is 0 Å². The summed E-state index contributed by atoms with van der Waals surface area (Å²) in [6, 6.07) is 12.6. The Morgan fingerprint density at radius 1 is 1.00 bits per heavy atom. The Labute approximate surface area is 161 Å². The quantitative estimate of drug-likeness (QED) is 0.788. The highest BCUT2D eigenvalue weighted by atomic mass is 35.5. The Kier molecular flexibility index (Phi) is 4.41. The van der Waals surface area contributed by atoms with Crippen molar-refractivity contribution in [2.75, 3.05) is 5.32 Å². The number of amides is 2. The van der Waals surface area contributed by atoms with Gasteiger partial charge in [0.25, 0.3) is 5.91 Å². The highest BCUT2D eigenvalue weighted by Gasteiger charge is 2.51. The van der Waals surface area contributed by atoms with Crippen molar-refractivity contribution in [3.63, 3.8) is 0 Å². The molecule has 0 aromatic heterocycles. The van der Waals surface area contributed by atoms with E-state index in [9.17, 15) is 9.59 Å². The van der Waals surface area contributed by atoms with E-state index < -0.39 is 5.41 Å². The average Bonchev–Trinajstić information content (AvgIpc) is 3.51. The van der Waals surface area contributed by atoms with Gasteiger partial charge in [-0.05, 0) is 61.6 Å². The van der Waals surface area contributed by atoms with Gasteiger partial charge in [-0.25, -0.2) is 0 Å². The maximum Gasteiger partial charge on any atom is 0.253 e. The normalized spacial score (nSPS) is 17.5. The van der Waals surface area contributed by atoms with Gasteiger partial charge in [0.2, 0.25) is 5.91 Å². The van der Waals surface area contributed by atoms with Crippen molar-refractivity contribution in [2.24, 2.45) is 0 Å². The van der Waals surface area contributed by atoms with Crippen molar-refractivity contribution >= 4 is 40.7 Å². The molecule has 2 aliphatic rings. The van der Waals surface area contributed by atoms with Crippen LogP contribution < -0.4 is 10.6 Å². The zero-order valence-corrected chi connectivity index (χ0v) is 15.5. The SMILES string of the molecule is O=C(NC1CC1)c1cc(NC(=O)C2(c3ccc(Cl)cc3)CC2)ccc1Cl. The van der Waals surface area contributed by atoms with E-state index >= 15 is 0 Å². The van der Waals surface area contributed by atoms with Crippen LogP contribution >= 0.6 is 23.2 Å². The molecule has 0 saturated heterocycles. The first kappa shape index (κ1) is 17.4. The maximum absolute atomic E-state index is 12.9. The van der Waals surface area contributed by atoms with Crippen LogP contribution in [0, 0.1) is 0 Å². The molecular formula is C20H18Cl2N2O2. The van der Waals surface area contributed by atoms with Gasteiger partial charge in [-0.2, -0.15) is 0 Å². The molecule has 4 nitrogen and oxygen atoms in total. The minimum Gasteiger partial charge on any atom is -0.349 e. The molecule has 26 heavy (non-hydrogen) atoms. The van der Waals surface area contributed by atoms with E-state index in [0.717, 1.165) is 31.2 Å². The first-order chi connectivity index (χ1) is 12.5. The van der Waals surface area contributed by atoms with E-state index in [-0.39, 0.29) is 17.9 Å². The Hall–Kier alpha value is -2.04. The summed E-state index contributed by atoms with van der Waals surface area (Å²) in [5.41, 5.74) is 1.40. The van der Waals surface area contributed by atoms with Crippen molar-refractivity contribution in [1.29, 1.82) is 0 Å². The number of hydrogen-bond donors (Lipinski definition) is 2. The Balaban J connectivity index is 1.52. The Morgan fingerprint density at radius 2 is 1.69 bits per heavy atom. The zero-order chi connectivity index (χ0) is 18.3. The molecule has 2 aliphatic carbocycles. The van der Waals surface area contributed by atoms with E-state index in [2.05, 4.69) is 10.6 Å². The van der Waals surface area contributed by atoms with Crippen LogP contribution in [0.4, 0.5) is 5.69 Å². The third-order valence-corrected chi connectivity index (χ3v) is 5.54. The predicted molar refractivity (Wildman–Crippen MR) is 103 cm³/mol. The molecule has 2 fully saturated rings. The van der Waals surface area contributed by atoms with Crippen LogP contribution in [-0.2, 0) is 10.2 Å². The molecule has 2 aromatic rings. The van der Waals surface area contributed by atoms with E-state index in [1.54, 1.807) is 30.3 Å². The van der Waals surface area contributed by atoms with Crippen LogP contribution in [-0.4, -0.2) is 17.9 Å². The first-order valence-corrected chi connectivity index (χ1v) is 9.41. The van der Waals surface area contributed by atoms with Gasteiger partial charge in [0.15, 0.2) is 0 Å². The van der Waals surface area contributed by atoms with E-state index in [0.29, 0.717) is 21.3 Å². The van der Waals surface area contributed by atoms with Gasteiger partial charge in [-0.3, -0.25) is 9.59 Å². The highest BCUT2D eigenvalue weighted by molar-refractivity contribution is 6.34. The molecule has 0 radical (unpaired) electrons. The van der Waals surface area contributed by atoms with Gasteiger partial charge < -0.3 is 10.6 Å². The standard InChI is InChI=1S/C20H18Cl2N2O2/c21-13-3-1-12(2-4-13)20(9-10-20)19(26)24-15-7-8-17(22)16(11-15)18(25)23-14-5-6-14/h1-4,7-8,11,14H,5-6,9-10H2,(H,23,25)(H,24,26). The van der Waals surface area contributed by atoms with Crippen LogP contribution in [0.15, 0.2) is 42.5 Å². The van der Waals surface area contributed by atoms with Gasteiger partial charge >= 0.3 is 0 Å². The number of nitrogens with one attached hydrogen (secondary N) is 2. The molecule has 2 N–H and O–H groups in total. The van der Waals surface area contributed by atoms with Crippen LogP contribution in [0.3, 0.4) is 0 Å². The number of rotatable bonds is 5. The van der Waals surface area contributed by atoms with Gasteiger partial charge in [-0.15, -0.1) is 0 Å². The summed E-state index contributed by atoms with van der Waals surface area (Å²) in [6.07, 6.45) is 3.60. The number of benzene rings is 2. The fourth-order valence-electron chi connectivity index (χ4n) is 3.06. The largest absolute Gasteiger partial charge is 0.349 e. The summed E-state index contributed by atoms with van der Waals surface area (Å²) in [5, 5.41) is 6.88. The van der Waals surface area contributed by atoms with Gasteiger partial charge in [-0.1, -0.05) is 35.3 Å². The smallest absolute Gasteiger partial charge is 0.253 e. The molecule has 134 valence electrons. The summed E-state index contributed by atoms with van der Waals surface area (Å²) in [4.78, 5) is 25.2. The monoisotopic (exact) mass is 388 g/mol. The van der Waals surface area contributed by atoms with Crippen molar-refractivity contribution in [1.82, 2.24) is 5.32 Å². The van der Waals surface area contributed by atoms with Crippen LogP contribution in [0.5, 0.6) is 0 Å². The lowest BCUT2D eigenvalue weighted by Gasteiger charge is -2.16. The molecule has 2 aromatic carbocycles. The maximum atomic E-state index is 12.9. The molecule has 4 rings (SSSR count). The average molecular weight is 389 g/mol. The molecule has 0 bridgehead atoms. The second-order valence-corrected chi connectivity index (χ2v) is 7.83. The van der Waals surface area contributed by atoms with Crippen molar-refractivity contribution in [3.8, 4) is 0 Å². The summed E-state index contributed by atoms with van der Waals surface area (Å²) < 4.78 is 0. The number of halogens is 2. The molecule has 0 heterocycles. The van der Waals surface area contributed by atoms with E-state index in [1.807, 2.05) is 12.1 Å². The molecule has 0 atom stereocenters. The minimum absolute atomic E-state index is 0.0734. The van der Waals surface area contributed by atoms with Crippen molar-refractivity contribution < 1.29 is 9.59 Å². The van der Waals surface area contributed by atoms with Gasteiger partial charge in [0.05, 0.1) is 16.0 Å². The third-order valence-electron chi connectivity index (χ3n) is 4.96. The van der Waals surface area contributed by atoms with E-state index in [4.69, 9.17) is 23.2 Å². The van der Waals surface area contributed by atoms with Crippen molar-refractivity contribution in [2.45, 2.75) is 37.1 Å². The van der Waals surface area contributed by atoms with Crippen molar-refractivity contribution in [3.05, 3.63) is 63.6 Å². The molecular weight excluding hydrogens is 371 g/mol. The Morgan fingerprint density at radius 3 is 2.31 bits per heavy atom. The highest BCUT2D eigenvalue weighted by Crippen LogP contribution is 2.49. The first-order valence-electron chi connectivity index (χ1n) is 8.66. The second kappa shape index (κ2) is 6.60. The molecule has 0 spiro atoms. The summed E-state index contributed by atoms with van der Waals surface area (Å²) >= 11 is 12.1. The Bertz CT molecular complexity index is 872. The van der Waals surface area contributed by atoms with Gasteiger partial charge in [0.1, 0.15) is 0 Å². The van der Waals surface area contributed by atoms with Gasteiger partial charge in [0, 0.05) is 16.8 Å². The number of anilines is 1. The second-order valence-electron chi connectivity index (χ2n) is 6.99. The fourth-order valence-corrected chi connectivity index (χ4v) is 3.39. The van der Waals surface area contributed by atoms with Crippen LogP contribution in [0.25, 0.3) is 0 Å². The zero-order valence-electron chi connectivity index (χ0n) is 14.0. The van der Waals surface area contributed by atoms with Crippen LogP contribution in [0.2, 0.25) is 10.0 Å². The molecule has 2 amide bonds. The molecule has 6 heteroatoms. The summed E-state index contributed by atoms with van der Waals surface area (Å²) in [5.74, 6) is -0.275. The minimum atomic E-state index is -0.513. The van der Waals surface area contributed by atoms with Crippen LogP contribution in [0.1, 0.15) is 41.6 Å².